The van der Waals surface area contributed by atoms with Gasteiger partial charge in [-0.05, 0) is 69.6 Å². The summed E-state index contributed by atoms with van der Waals surface area (Å²) < 4.78 is 5.52. The van der Waals surface area contributed by atoms with Crippen molar-refractivity contribution >= 4 is 29.3 Å². The van der Waals surface area contributed by atoms with E-state index in [4.69, 9.17) is 19.7 Å². The molecule has 0 spiro atoms. The van der Waals surface area contributed by atoms with E-state index in [1.165, 1.54) is 0 Å². The molecular weight excluding hydrogens is 556 g/mol. The van der Waals surface area contributed by atoms with Gasteiger partial charge in [-0.15, -0.1) is 0 Å². The molecule has 5 rings (SSSR count). The fraction of sp³-hybridized carbons (Fsp3) is 0.303. The number of carbonyl (C=O) groups excluding carboxylic acids is 2. The highest BCUT2D eigenvalue weighted by molar-refractivity contribution is 6.00. The first-order chi connectivity index (χ1) is 21.2. The van der Waals surface area contributed by atoms with Gasteiger partial charge in [0, 0.05) is 61.3 Å². The molecule has 0 unspecified atom stereocenters. The van der Waals surface area contributed by atoms with Crippen LogP contribution in [0.5, 0.6) is 0 Å². The van der Waals surface area contributed by atoms with Crippen molar-refractivity contribution in [3.8, 4) is 22.8 Å². The molecule has 2 N–H and O–H groups in total. The number of anilines is 3. The summed E-state index contributed by atoms with van der Waals surface area (Å²) in [5.41, 5.74) is 4.63. The maximum atomic E-state index is 12.7. The summed E-state index contributed by atoms with van der Waals surface area (Å²) in [7, 11) is 5.72. The summed E-state index contributed by atoms with van der Waals surface area (Å²) in [6.07, 6.45) is 0. The first kappa shape index (κ1) is 30.6. The van der Waals surface area contributed by atoms with Gasteiger partial charge >= 0.3 is 6.03 Å². The van der Waals surface area contributed by atoms with Gasteiger partial charge in [-0.2, -0.15) is 9.97 Å². The largest absolute Gasteiger partial charge is 0.378 e. The zero-order chi connectivity index (χ0) is 31.1. The first-order valence-electron chi connectivity index (χ1n) is 14.6. The standard InChI is InChI=1S/C33H38N8O3/c1-23-5-7-24(8-6-23)29-36-30(38-32(37-29)41-19-21-44-22-20-41)25-9-13-27(14-10-25)34-33(43)35-28-15-11-26(12-16-28)31(42)40(4)18-17-39(2)3/h5-16H,17-22H2,1-4H3,(H2,34,35,43). The monoisotopic (exact) mass is 594 g/mol. The van der Waals surface area contributed by atoms with E-state index in [2.05, 4.69) is 15.5 Å². The molecule has 44 heavy (non-hydrogen) atoms. The van der Waals surface area contributed by atoms with Crippen LogP contribution in [0.3, 0.4) is 0 Å². The summed E-state index contributed by atoms with van der Waals surface area (Å²) in [5.74, 6) is 1.70. The van der Waals surface area contributed by atoms with Crippen LogP contribution in [0.2, 0.25) is 0 Å². The number of carbonyl (C=O) groups is 2. The second-order valence-electron chi connectivity index (χ2n) is 11.0. The number of rotatable bonds is 9. The number of nitrogens with zero attached hydrogens (tertiary/aromatic N) is 6. The Morgan fingerprint density at radius 3 is 1.82 bits per heavy atom. The van der Waals surface area contributed by atoms with Crippen molar-refractivity contribution in [1.29, 1.82) is 0 Å². The number of hydrogen-bond donors (Lipinski definition) is 2. The third-order valence-corrected chi connectivity index (χ3v) is 7.25. The quantitative estimate of drug-likeness (QED) is 0.288. The van der Waals surface area contributed by atoms with Gasteiger partial charge < -0.3 is 30.1 Å². The van der Waals surface area contributed by atoms with Crippen LogP contribution in [0.1, 0.15) is 15.9 Å². The molecule has 4 aromatic rings. The third kappa shape index (κ3) is 7.94. The molecule has 0 aliphatic carbocycles. The number of ether oxygens (including phenoxy) is 1. The molecule has 3 aromatic carbocycles. The molecule has 11 heteroatoms. The fourth-order valence-electron chi connectivity index (χ4n) is 4.59. The Morgan fingerprint density at radius 1 is 0.750 bits per heavy atom. The van der Waals surface area contributed by atoms with Crippen LogP contribution in [0.4, 0.5) is 22.1 Å². The molecule has 0 radical (unpaired) electrons. The minimum atomic E-state index is -0.392. The van der Waals surface area contributed by atoms with E-state index >= 15 is 0 Å². The number of nitrogens with one attached hydrogen (secondary N) is 2. The van der Waals surface area contributed by atoms with Crippen molar-refractivity contribution in [3.63, 3.8) is 0 Å². The summed E-state index contributed by atoms with van der Waals surface area (Å²) >= 11 is 0. The number of benzene rings is 3. The van der Waals surface area contributed by atoms with Crippen molar-refractivity contribution in [3.05, 3.63) is 83.9 Å². The van der Waals surface area contributed by atoms with Crippen molar-refractivity contribution in [2.75, 3.05) is 76.1 Å². The molecule has 11 nitrogen and oxygen atoms in total. The molecule has 0 atom stereocenters. The maximum absolute atomic E-state index is 12.7. The lowest BCUT2D eigenvalue weighted by atomic mass is 10.1. The number of aromatic nitrogens is 3. The van der Waals surface area contributed by atoms with Gasteiger partial charge in [-0.1, -0.05) is 29.8 Å². The molecule has 1 fully saturated rings. The zero-order valence-electron chi connectivity index (χ0n) is 25.6. The molecule has 1 aromatic heterocycles. The third-order valence-electron chi connectivity index (χ3n) is 7.25. The average molecular weight is 595 g/mol. The molecule has 2 heterocycles. The molecular formula is C33H38N8O3. The van der Waals surface area contributed by atoms with Gasteiger partial charge in [-0.25, -0.2) is 9.78 Å². The van der Waals surface area contributed by atoms with E-state index in [1.807, 2.05) is 74.4 Å². The van der Waals surface area contributed by atoms with Crippen LogP contribution in [0, 0.1) is 6.92 Å². The van der Waals surface area contributed by atoms with Crippen molar-refractivity contribution in [1.82, 2.24) is 24.8 Å². The molecule has 1 saturated heterocycles. The molecule has 1 aliphatic heterocycles. The lowest BCUT2D eigenvalue weighted by molar-refractivity contribution is 0.0786. The van der Waals surface area contributed by atoms with E-state index in [0.29, 0.717) is 67.4 Å². The van der Waals surface area contributed by atoms with Gasteiger partial charge in [0.2, 0.25) is 5.95 Å². The second kappa shape index (κ2) is 14.1. The van der Waals surface area contributed by atoms with Gasteiger partial charge in [0.25, 0.3) is 5.91 Å². The molecule has 3 amide bonds. The lowest BCUT2D eigenvalue weighted by Gasteiger charge is -2.27. The zero-order valence-corrected chi connectivity index (χ0v) is 25.6. The van der Waals surface area contributed by atoms with Gasteiger partial charge in [0.1, 0.15) is 0 Å². The highest BCUT2D eigenvalue weighted by Gasteiger charge is 2.18. The Labute approximate surface area is 257 Å². The Bertz CT molecular complexity index is 1570. The van der Waals surface area contributed by atoms with E-state index in [9.17, 15) is 9.59 Å². The van der Waals surface area contributed by atoms with Crippen molar-refractivity contribution in [2.45, 2.75) is 6.92 Å². The smallest absolute Gasteiger partial charge is 0.323 e. The average Bonchev–Trinajstić information content (AvgIpc) is 3.04. The van der Waals surface area contributed by atoms with Gasteiger partial charge in [0.05, 0.1) is 13.2 Å². The Balaban J connectivity index is 1.25. The summed E-state index contributed by atoms with van der Waals surface area (Å²) in [6, 6.07) is 21.9. The van der Waals surface area contributed by atoms with E-state index in [0.717, 1.165) is 23.2 Å². The fourth-order valence-corrected chi connectivity index (χ4v) is 4.59. The Kier molecular flexibility index (Phi) is 9.78. The van der Waals surface area contributed by atoms with Crippen LogP contribution < -0.4 is 15.5 Å². The van der Waals surface area contributed by atoms with Crippen molar-refractivity contribution in [2.24, 2.45) is 0 Å². The van der Waals surface area contributed by atoms with Crippen LogP contribution in [0.25, 0.3) is 22.8 Å². The van der Waals surface area contributed by atoms with Gasteiger partial charge in [0.15, 0.2) is 11.6 Å². The van der Waals surface area contributed by atoms with Crippen LogP contribution in [-0.4, -0.2) is 97.2 Å². The van der Waals surface area contributed by atoms with Crippen LogP contribution >= 0.6 is 0 Å². The first-order valence-corrected chi connectivity index (χ1v) is 14.6. The minimum absolute atomic E-state index is 0.0656. The van der Waals surface area contributed by atoms with Crippen LogP contribution in [0.15, 0.2) is 72.8 Å². The predicted molar refractivity (Wildman–Crippen MR) is 173 cm³/mol. The number of morpholine rings is 1. The topological polar surface area (TPSA) is 116 Å². The van der Waals surface area contributed by atoms with E-state index in [-0.39, 0.29) is 5.91 Å². The number of likely N-dealkylation sites (N-methyl/N-ethyl adjacent to an activating group) is 2. The SMILES string of the molecule is Cc1ccc(-c2nc(-c3ccc(NC(=O)Nc4ccc(C(=O)N(C)CCN(C)C)cc4)cc3)nc(N3CCOCC3)n2)cc1. The summed E-state index contributed by atoms with van der Waals surface area (Å²) in [5, 5.41) is 5.67. The Hall–Kier alpha value is -4.87. The number of aryl methyl sites for hydroxylation is 1. The number of urea groups is 1. The van der Waals surface area contributed by atoms with Crippen molar-refractivity contribution < 1.29 is 14.3 Å². The van der Waals surface area contributed by atoms with Gasteiger partial charge in [-0.3, -0.25) is 4.79 Å². The number of hydrogen-bond acceptors (Lipinski definition) is 8. The van der Waals surface area contributed by atoms with E-state index in [1.54, 1.807) is 36.2 Å². The lowest BCUT2D eigenvalue weighted by Crippen LogP contribution is -2.37. The molecule has 0 saturated carbocycles. The summed E-state index contributed by atoms with van der Waals surface area (Å²) in [4.78, 5) is 45.5. The number of amides is 3. The maximum Gasteiger partial charge on any atom is 0.323 e. The highest BCUT2D eigenvalue weighted by atomic mass is 16.5. The normalized spacial score (nSPS) is 13.1. The predicted octanol–water partition coefficient (Wildman–Crippen LogP) is 4.63. The second-order valence-corrected chi connectivity index (χ2v) is 11.0. The summed E-state index contributed by atoms with van der Waals surface area (Å²) in [6.45, 7) is 6.12. The highest BCUT2D eigenvalue weighted by Crippen LogP contribution is 2.25. The molecule has 228 valence electrons. The van der Waals surface area contributed by atoms with E-state index < -0.39 is 6.03 Å². The minimum Gasteiger partial charge on any atom is -0.378 e. The molecule has 1 aliphatic rings. The molecule has 0 bridgehead atoms. The van der Waals surface area contributed by atoms with Crippen LogP contribution in [-0.2, 0) is 4.74 Å². The Morgan fingerprint density at radius 2 is 1.27 bits per heavy atom.